The summed E-state index contributed by atoms with van der Waals surface area (Å²) in [5, 5.41) is 3.72. The second kappa shape index (κ2) is 9.47. The van der Waals surface area contributed by atoms with Crippen molar-refractivity contribution in [1.29, 1.82) is 0 Å². The van der Waals surface area contributed by atoms with Gasteiger partial charge in [0.05, 0.1) is 18.5 Å². The van der Waals surface area contributed by atoms with Crippen LogP contribution in [0.5, 0.6) is 0 Å². The van der Waals surface area contributed by atoms with Gasteiger partial charge in [0.1, 0.15) is 17.0 Å². The second-order valence-electron chi connectivity index (χ2n) is 8.94. The molecule has 2 aromatic heterocycles. The Kier molecular flexibility index (Phi) is 6.22. The number of aromatic nitrogens is 1. The van der Waals surface area contributed by atoms with Gasteiger partial charge in [-0.1, -0.05) is 54.1 Å². The molecule has 35 heavy (non-hydrogen) atoms. The van der Waals surface area contributed by atoms with Crippen LogP contribution in [0.2, 0.25) is 5.02 Å². The highest BCUT2D eigenvalue weighted by atomic mass is 35.5. The van der Waals surface area contributed by atoms with Gasteiger partial charge in [-0.15, -0.1) is 0 Å². The van der Waals surface area contributed by atoms with Crippen LogP contribution >= 0.6 is 11.6 Å². The molecule has 0 radical (unpaired) electrons. The molecule has 0 spiro atoms. The minimum Gasteiger partial charge on any atom is -0.463 e. The van der Waals surface area contributed by atoms with Gasteiger partial charge < -0.3 is 19.2 Å². The van der Waals surface area contributed by atoms with E-state index in [0.29, 0.717) is 42.5 Å². The Morgan fingerprint density at radius 3 is 2.43 bits per heavy atom. The van der Waals surface area contributed by atoms with Gasteiger partial charge in [0, 0.05) is 18.1 Å². The van der Waals surface area contributed by atoms with Gasteiger partial charge in [-0.05, 0) is 60.9 Å². The third-order valence-electron chi connectivity index (χ3n) is 6.60. The first-order chi connectivity index (χ1) is 17.0. The van der Waals surface area contributed by atoms with Crippen molar-refractivity contribution in [2.45, 2.75) is 32.0 Å². The molecule has 1 N–H and O–H groups in total. The zero-order chi connectivity index (χ0) is 24.4. The minimum absolute atomic E-state index is 0.180. The highest BCUT2D eigenvalue weighted by molar-refractivity contribution is 6.30. The average molecular weight is 488 g/mol. The molecule has 5 rings (SSSR count). The lowest BCUT2D eigenvalue weighted by molar-refractivity contribution is -0.133. The van der Waals surface area contributed by atoms with Crippen LogP contribution < -0.4 is 5.32 Å². The summed E-state index contributed by atoms with van der Waals surface area (Å²) in [5.74, 6) is 0.279. The van der Waals surface area contributed by atoms with Gasteiger partial charge in [-0.25, -0.2) is 0 Å². The van der Waals surface area contributed by atoms with Crippen molar-refractivity contribution in [2.75, 3.05) is 6.54 Å². The largest absolute Gasteiger partial charge is 0.463 e. The predicted octanol–water partition coefficient (Wildman–Crippen LogP) is 5.18. The quantitative estimate of drug-likeness (QED) is 0.391. The zero-order valence-corrected chi connectivity index (χ0v) is 20.2. The number of nitrogens with one attached hydrogen (secondary N) is 1. The van der Waals surface area contributed by atoms with E-state index in [-0.39, 0.29) is 11.8 Å². The molecule has 1 unspecified atom stereocenters. The Hall–Kier alpha value is -3.77. The number of hydrogen-bond acceptors (Lipinski definition) is 3. The Morgan fingerprint density at radius 2 is 1.71 bits per heavy atom. The van der Waals surface area contributed by atoms with Crippen LogP contribution in [0.3, 0.4) is 0 Å². The Labute approximate surface area is 209 Å². The van der Waals surface area contributed by atoms with Crippen LogP contribution in [0, 0.1) is 0 Å². The molecule has 1 atom stereocenters. The Balaban J connectivity index is 1.46. The van der Waals surface area contributed by atoms with Crippen molar-refractivity contribution < 1.29 is 14.0 Å². The fourth-order valence-corrected chi connectivity index (χ4v) is 4.75. The topological polar surface area (TPSA) is 67.5 Å². The number of hydrogen-bond donors (Lipinski definition) is 1. The highest BCUT2D eigenvalue weighted by Crippen LogP contribution is 2.33. The van der Waals surface area contributed by atoms with E-state index in [1.54, 1.807) is 17.2 Å². The van der Waals surface area contributed by atoms with Crippen molar-refractivity contribution in [2.24, 2.45) is 0 Å². The molecule has 1 aliphatic heterocycles. The Morgan fingerprint density at radius 1 is 0.971 bits per heavy atom. The first kappa shape index (κ1) is 23.0. The number of amides is 2. The molecule has 178 valence electrons. The highest BCUT2D eigenvalue weighted by Gasteiger charge is 2.47. The number of halogens is 1. The van der Waals surface area contributed by atoms with Gasteiger partial charge in [0.25, 0.3) is 5.91 Å². The van der Waals surface area contributed by atoms with Gasteiger partial charge in [-0.3, -0.25) is 9.59 Å². The van der Waals surface area contributed by atoms with Crippen molar-refractivity contribution in [3.05, 3.63) is 107 Å². The summed E-state index contributed by atoms with van der Waals surface area (Å²) in [4.78, 5) is 29.1. The molecule has 3 heterocycles. The summed E-state index contributed by atoms with van der Waals surface area (Å²) >= 11 is 6.03. The third-order valence-corrected chi connectivity index (χ3v) is 6.85. The summed E-state index contributed by atoms with van der Waals surface area (Å²) in [7, 11) is 0. The summed E-state index contributed by atoms with van der Waals surface area (Å²) in [6, 6.07) is 24.6. The van der Waals surface area contributed by atoms with Gasteiger partial charge >= 0.3 is 0 Å². The maximum atomic E-state index is 13.7. The molecule has 7 heteroatoms. The maximum absolute atomic E-state index is 13.7. The van der Waals surface area contributed by atoms with Crippen LogP contribution in [-0.4, -0.2) is 33.4 Å². The lowest BCUT2D eigenvalue weighted by Crippen LogP contribution is -2.64. The standard InChI is InChI=1S/C28H26ClN3O3/c1-28(27(34)30-18-21-6-3-2-4-7-21)19-31-23(25-8-5-17-35-25)13-14-24(31)26(33)32(28)16-15-20-9-11-22(29)12-10-20/h2-14,17H,15-16,18-19H2,1H3,(H,30,34). The zero-order valence-electron chi connectivity index (χ0n) is 19.4. The van der Waals surface area contributed by atoms with Gasteiger partial charge in [0.2, 0.25) is 5.91 Å². The number of nitrogens with zero attached hydrogens (tertiary/aromatic N) is 2. The van der Waals surface area contributed by atoms with Crippen LogP contribution in [-0.2, 0) is 24.3 Å². The molecule has 0 saturated carbocycles. The first-order valence-electron chi connectivity index (χ1n) is 11.6. The molecular formula is C28H26ClN3O3. The molecular weight excluding hydrogens is 462 g/mol. The van der Waals surface area contributed by atoms with E-state index in [0.717, 1.165) is 16.8 Å². The molecule has 0 aliphatic carbocycles. The van der Waals surface area contributed by atoms with Crippen molar-refractivity contribution >= 4 is 23.4 Å². The third kappa shape index (κ3) is 4.49. The summed E-state index contributed by atoms with van der Waals surface area (Å²) in [6.45, 7) is 2.94. The molecule has 4 aromatic rings. The lowest BCUT2D eigenvalue weighted by atomic mass is 9.93. The van der Waals surface area contributed by atoms with E-state index >= 15 is 0 Å². The first-order valence-corrected chi connectivity index (χ1v) is 12.0. The summed E-state index contributed by atoms with van der Waals surface area (Å²) in [5.41, 5.74) is 2.27. The molecule has 0 bridgehead atoms. The molecule has 6 nitrogen and oxygen atoms in total. The maximum Gasteiger partial charge on any atom is 0.271 e. The molecule has 2 aromatic carbocycles. The lowest BCUT2D eigenvalue weighted by Gasteiger charge is -2.44. The van der Waals surface area contributed by atoms with Crippen molar-refractivity contribution in [3.8, 4) is 11.5 Å². The molecule has 1 aliphatic rings. The predicted molar refractivity (Wildman–Crippen MR) is 135 cm³/mol. The number of carbonyl (C=O) groups is 2. The number of benzene rings is 2. The summed E-state index contributed by atoms with van der Waals surface area (Å²) in [6.07, 6.45) is 2.21. The molecule has 0 saturated heterocycles. The number of furan rings is 1. The van der Waals surface area contributed by atoms with Crippen molar-refractivity contribution in [1.82, 2.24) is 14.8 Å². The number of rotatable bonds is 7. The summed E-state index contributed by atoms with van der Waals surface area (Å²) < 4.78 is 7.49. The van der Waals surface area contributed by atoms with Gasteiger partial charge in [0.15, 0.2) is 0 Å². The minimum atomic E-state index is -1.09. The van der Waals surface area contributed by atoms with E-state index in [9.17, 15) is 9.59 Å². The van der Waals surface area contributed by atoms with Gasteiger partial charge in [-0.2, -0.15) is 0 Å². The smallest absolute Gasteiger partial charge is 0.271 e. The van der Waals surface area contributed by atoms with E-state index in [1.807, 2.05) is 84.3 Å². The van der Waals surface area contributed by atoms with E-state index in [4.69, 9.17) is 16.0 Å². The van der Waals surface area contributed by atoms with E-state index in [2.05, 4.69) is 5.32 Å². The average Bonchev–Trinajstić information content (AvgIpc) is 3.54. The number of carbonyl (C=O) groups excluding carboxylic acids is 2. The monoisotopic (exact) mass is 487 g/mol. The van der Waals surface area contributed by atoms with Crippen LogP contribution in [0.15, 0.2) is 89.5 Å². The van der Waals surface area contributed by atoms with E-state index in [1.165, 1.54) is 0 Å². The Bertz CT molecular complexity index is 1330. The number of fused-ring (bicyclic) bond motifs is 1. The fraction of sp³-hybridized carbons (Fsp3) is 0.214. The molecule has 0 fully saturated rings. The van der Waals surface area contributed by atoms with Crippen LogP contribution in [0.25, 0.3) is 11.5 Å². The normalized spacial score (nSPS) is 17.3. The fourth-order valence-electron chi connectivity index (χ4n) is 4.62. The van der Waals surface area contributed by atoms with Crippen molar-refractivity contribution in [3.63, 3.8) is 0 Å². The molecule has 2 amide bonds. The SMILES string of the molecule is CC1(C(=O)NCc2ccccc2)Cn2c(ccc2-c2ccco2)C(=O)N1CCc1ccc(Cl)cc1. The van der Waals surface area contributed by atoms with Crippen LogP contribution in [0.1, 0.15) is 28.5 Å². The van der Waals surface area contributed by atoms with Crippen LogP contribution in [0.4, 0.5) is 0 Å². The van der Waals surface area contributed by atoms with E-state index < -0.39 is 5.54 Å². The second-order valence-corrected chi connectivity index (χ2v) is 9.38.